The van der Waals surface area contributed by atoms with Crippen LogP contribution in [0.5, 0.6) is 0 Å². The molecule has 2 atom stereocenters. The fourth-order valence-corrected chi connectivity index (χ4v) is 3.07. The first-order valence-electron chi connectivity index (χ1n) is 7.25. The lowest BCUT2D eigenvalue weighted by atomic mass is 9.78. The van der Waals surface area contributed by atoms with Crippen molar-refractivity contribution in [3.8, 4) is 11.6 Å². The van der Waals surface area contributed by atoms with E-state index < -0.39 is 5.60 Å². The molecule has 0 saturated heterocycles. The van der Waals surface area contributed by atoms with E-state index in [9.17, 15) is 0 Å². The van der Waals surface area contributed by atoms with Gasteiger partial charge in [-0.1, -0.05) is 24.6 Å². The highest BCUT2D eigenvalue weighted by molar-refractivity contribution is 5.50. The minimum atomic E-state index is -0.445. The average Bonchev–Trinajstić information content (AvgIpc) is 2.97. The average molecular weight is 288 g/mol. The van der Waals surface area contributed by atoms with Gasteiger partial charge in [0.15, 0.2) is 0 Å². The van der Waals surface area contributed by atoms with Crippen molar-refractivity contribution in [1.29, 1.82) is 0 Å². The van der Waals surface area contributed by atoms with E-state index in [1.54, 1.807) is 19.2 Å². The van der Waals surface area contributed by atoms with E-state index in [0.29, 0.717) is 29.1 Å². The van der Waals surface area contributed by atoms with Crippen molar-refractivity contribution < 1.29 is 9.26 Å². The number of ether oxygens (including phenoxy) is 1. The molecule has 0 radical (unpaired) electrons. The van der Waals surface area contributed by atoms with Crippen molar-refractivity contribution >= 4 is 5.82 Å². The van der Waals surface area contributed by atoms with Crippen molar-refractivity contribution in [3.05, 3.63) is 24.0 Å². The number of anilines is 1. The van der Waals surface area contributed by atoms with Crippen LogP contribution in [0.3, 0.4) is 0 Å². The van der Waals surface area contributed by atoms with Crippen molar-refractivity contribution in [3.63, 3.8) is 0 Å². The molecule has 0 aliphatic heterocycles. The molecule has 0 bridgehead atoms. The Labute approximate surface area is 123 Å². The van der Waals surface area contributed by atoms with Gasteiger partial charge in [0.05, 0.1) is 0 Å². The molecular weight excluding hydrogens is 268 g/mol. The zero-order valence-corrected chi connectivity index (χ0v) is 12.4. The maximum atomic E-state index is 5.78. The minimum absolute atomic E-state index is 0.381. The Morgan fingerprint density at radius 3 is 2.95 bits per heavy atom. The number of pyridine rings is 1. The Hall–Kier alpha value is -1.95. The van der Waals surface area contributed by atoms with Crippen molar-refractivity contribution in [2.24, 2.45) is 5.92 Å². The van der Waals surface area contributed by atoms with E-state index in [1.807, 2.05) is 6.07 Å². The third kappa shape index (κ3) is 2.63. The molecule has 2 aromatic heterocycles. The van der Waals surface area contributed by atoms with Crippen LogP contribution in [-0.2, 0) is 10.3 Å². The van der Waals surface area contributed by atoms with Crippen LogP contribution in [0.2, 0.25) is 0 Å². The second-order valence-corrected chi connectivity index (χ2v) is 5.77. The van der Waals surface area contributed by atoms with Gasteiger partial charge in [0.25, 0.3) is 5.89 Å². The molecule has 3 rings (SSSR count). The Morgan fingerprint density at radius 1 is 1.38 bits per heavy atom. The van der Waals surface area contributed by atoms with Crippen LogP contribution in [0.15, 0.2) is 22.7 Å². The normalized spacial score (nSPS) is 25.9. The predicted molar refractivity (Wildman–Crippen MR) is 78.3 cm³/mol. The van der Waals surface area contributed by atoms with Gasteiger partial charge in [-0.15, -0.1) is 0 Å². The molecule has 6 nitrogen and oxygen atoms in total. The second-order valence-electron chi connectivity index (χ2n) is 5.77. The van der Waals surface area contributed by atoms with Gasteiger partial charge in [0.2, 0.25) is 5.82 Å². The van der Waals surface area contributed by atoms with E-state index in [1.165, 1.54) is 6.42 Å². The molecule has 21 heavy (non-hydrogen) atoms. The van der Waals surface area contributed by atoms with Crippen LogP contribution in [0.25, 0.3) is 11.6 Å². The molecule has 2 heterocycles. The summed E-state index contributed by atoms with van der Waals surface area (Å²) in [7, 11) is 1.72. The van der Waals surface area contributed by atoms with Crippen molar-refractivity contribution in [2.75, 3.05) is 12.8 Å². The van der Waals surface area contributed by atoms with Gasteiger partial charge >= 0.3 is 0 Å². The lowest BCUT2D eigenvalue weighted by Gasteiger charge is -2.36. The number of rotatable bonds is 3. The number of methoxy groups -OCH3 is 1. The fourth-order valence-electron chi connectivity index (χ4n) is 3.07. The minimum Gasteiger partial charge on any atom is -0.384 e. The third-order valence-electron chi connectivity index (χ3n) is 4.17. The maximum absolute atomic E-state index is 5.78. The molecule has 0 spiro atoms. The summed E-state index contributed by atoms with van der Waals surface area (Å²) >= 11 is 0. The summed E-state index contributed by atoms with van der Waals surface area (Å²) in [6, 6.07) is 5.34. The first-order valence-corrected chi connectivity index (χ1v) is 7.25. The summed E-state index contributed by atoms with van der Waals surface area (Å²) in [6.45, 7) is 2.23. The molecule has 2 N–H and O–H groups in total. The molecule has 2 unspecified atom stereocenters. The maximum Gasteiger partial charge on any atom is 0.276 e. The third-order valence-corrected chi connectivity index (χ3v) is 4.17. The number of hydrogen-bond donors (Lipinski definition) is 1. The van der Waals surface area contributed by atoms with Gasteiger partial charge < -0.3 is 15.0 Å². The molecule has 1 aliphatic rings. The SMILES string of the molecule is COC1(c2noc(-c3cccc(N)n3)n2)CCCC(C)C1. The number of nitrogen functional groups attached to an aromatic ring is 1. The Kier molecular flexibility index (Phi) is 3.63. The molecule has 0 aromatic carbocycles. The summed E-state index contributed by atoms with van der Waals surface area (Å²) < 4.78 is 11.1. The summed E-state index contributed by atoms with van der Waals surface area (Å²) in [6.07, 6.45) is 4.14. The Balaban J connectivity index is 1.93. The first kappa shape index (κ1) is 14.0. The molecule has 1 saturated carbocycles. The molecular formula is C15H20N4O2. The van der Waals surface area contributed by atoms with Crippen LogP contribution < -0.4 is 5.73 Å². The highest BCUT2D eigenvalue weighted by Crippen LogP contribution is 2.41. The fraction of sp³-hybridized carbons (Fsp3) is 0.533. The predicted octanol–water partition coefficient (Wildman–Crippen LogP) is 2.77. The quantitative estimate of drug-likeness (QED) is 0.934. The van der Waals surface area contributed by atoms with Gasteiger partial charge in [-0.05, 0) is 37.3 Å². The molecule has 6 heteroatoms. The number of nitrogens with two attached hydrogens (primary N) is 1. The van der Waals surface area contributed by atoms with Crippen LogP contribution >= 0.6 is 0 Å². The van der Waals surface area contributed by atoms with Crippen LogP contribution in [-0.4, -0.2) is 22.2 Å². The summed E-state index contributed by atoms with van der Waals surface area (Å²) in [4.78, 5) is 8.71. The second kappa shape index (κ2) is 5.44. The van der Waals surface area contributed by atoms with Crippen LogP contribution in [0, 0.1) is 5.92 Å². The lowest BCUT2D eigenvalue weighted by Crippen LogP contribution is -2.35. The largest absolute Gasteiger partial charge is 0.384 e. The van der Waals surface area contributed by atoms with Gasteiger partial charge in [0, 0.05) is 7.11 Å². The molecule has 0 amide bonds. The Bertz CT molecular complexity index is 628. The van der Waals surface area contributed by atoms with Gasteiger partial charge in [0.1, 0.15) is 17.1 Å². The van der Waals surface area contributed by atoms with E-state index >= 15 is 0 Å². The van der Waals surface area contributed by atoms with Gasteiger partial charge in [-0.25, -0.2) is 4.98 Å². The van der Waals surface area contributed by atoms with Crippen LogP contribution in [0.1, 0.15) is 38.4 Å². The smallest absolute Gasteiger partial charge is 0.276 e. The molecule has 1 aliphatic carbocycles. The summed E-state index contributed by atoms with van der Waals surface area (Å²) in [5.41, 5.74) is 5.83. The first-order chi connectivity index (χ1) is 10.1. The molecule has 2 aromatic rings. The van der Waals surface area contributed by atoms with E-state index in [0.717, 1.165) is 19.3 Å². The zero-order chi connectivity index (χ0) is 14.9. The lowest BCUT2D eigenvalue weighted by molar-refractivity contribution is -0.0658. The van der Waals surface area contributed by atoms with E-state index in [-0.39, 0.29) is 0 Å². The van der Waals surface area contributed by atoms with Gasteiger partial charge in [-0.2, -0.15) is 4.98 Å². The molecule has 112 valence electrons. The topological polar surface area (TPSA) is 87.1 Å². The van der Waals surface area contributed by atoms with E-state index in [4.69, 9.17) is 15.0 Å². The van der Waals surface area contributed by atoms with E-state index in [2.05, 4.69) is 22.0 Å². The number of hydrogen-bond acceptors (Lipinski definition) is 6. The summed E-state index contributed by atoms with van der Waals surface area (Å²) in [5, 5.41) is 4.13. The van der Waals surface area contributed by atoms with Crippen molar-refractivity contribution in [2.45, 2.75) is 38.2 Å². The number of nitrogens with zero attached hydrogens (tertiary/aromatic N) is 3. The van der Waals surface area contributed by atoms with Crippen molar-refractivity contribution in [1.82, 2.24) is 15.1 Å². The highest BCUT2D eigenvalue weighted by atomic mass is 16.5. The molecule has 1 fully saturated rings. The standard InChI is InChI=1S/C15H20N4O2/c1-10-5-4-8-15(9-10,20-2)14-18-13(21-19-14)11-6-3-7-12(16)17-11/h3,6-7,10H,4-5,8-9H2,1-2H3,(H2,16,17). The summed E-state index contributed by atoms with van der Waals surface area (Å²) in [5.74, 6) is 2.01. The zero-order valence-electron chi connectivity index (χ0n) is 12.4. The number of aromatic nitrogens is 3. The van der Waals surface area contributed by atoms with Gasteiger partial charge in [-0.3, -0.25) is 0 Å². The van der Waals surface area contributed by atoms with Crippen LogP contribution in [0.4, 0.5) is 5.82 Å². The Morgan fingerprint density at radius 2 is 2.24 bits per heavy atom. The highest BCUT2D eigenvalue weighted by Gasteiger charge is 2.41. The monoisotopic (exact) mass is 288 g/mol.